The Labute approximate surface area is 122 Å². The molecule has 8 heteroatoms. The largest absolute Gasteiger partial charge is 0.507 e. The fourth-order valence-electron chi connectivity index (χ4n) is 1.33. The summed E-state index contributed by atoms with van der Waals surface area (Å²) in [6, 6.07) is 4.81. The van der Waals surface area contributed by atoms with Crippen molar-refractivity contribution in [1.82, 2.24) is 15.2 Å². The summed E-state index contributed by atoms with van der Waals surface area (Å²) in [5, 5.41) is 18.4. The number of aromatic hydroxyl groups is 1. The lowest BCUT2D eigenvalue weighted by molar-refractivity contribution is 0.102. The molecule has 0 aliphatic heterocycles. The van der Waals surface area contributed by atoms with E-state index < -0.39 is 5.91 Å². The Morgan fingerprint density at radius 3 is 3.05 bits per heavy atom. The van der Waals surface area contributed by atoms with Crippen LogP contribution in [0.3, 0.4) is 0 Å². The number of hydrogen-bond donors (Lipinski definition) is 3. The minimum absolute atomic E-state index is 0.0563. The molecule has 19 heavy (non-hydrogen) atoms. The first-order valence-corrected chi connectivity index (χ1v) is 6.53. The van der Waals surface area contributed by atoms with Crippen LogP contribution in [0, 0.1) is 3.57 Å². The van der Waals surface area contributed by atoms with Gasteiger partial charge in [-0.05, 0) is 47.7 Å². The summed E-state index contributed by atoms with van der Waals surface area (Å²) < 4.78 is 5.74. The van der Waals surface area contributed by atoms with Crippen LogP contribution in [0.5, 0.6) is 11.8 Å². The number of benzene rings is 1. The Morgan fingerprint density at radius 1 is 1.58 bits per heavy atom. The van der Waals surface area contributed by atoms with Crippen molar-refractivity contribution in [3.05, 3.63) is 27.3 Å². The minimum Gasteiger partial charge on any atom is -0.507 e. The molecule has 7 nitrogen and oxygen atoms in total. The average molecular weight is 374 g/mol. The Hall–Kier alpha value is -1.84. The Kier molecular flexibility index (Phi) is 4.20. The second-order valence-corrected chi connectivity index (χ2v) is 4.68. The highest BCUT2D eigenvalue weighted by atomic mass is 127. The summed E-state index contributed by atoms with van der Waals surface area (Å²) in [5.74, 6) is -0.154. The van der Waals surface area contributed by atoms with Gasteiger partial charge in [0.05, 0.1) is 10.2 Å². The van der Waals surface area contributed by atoms with E-state index in [0.29, 0.717) is 15.7 Å². The number of carbonyl (C=O) groups is 1. The standard InChI is InChI=1S/C11H11IN4O3/c1-2-19-11-14-10(15-16-11)13-9(18)6-3-4-7(12)8(17)5-6/h3-5,17H,2H2,1H3,(H2,13,14,15,16,18). The molecule has 1 amide bonds. The zero-order chi connectivity index (χ0) is 13.8. The van der Waals surface area contributed by atoms with E-state index in [1.54, 1.807) is 12.1 Å². The number of phenols is 1. The highest BCUT2D eigenvalue weighted by molar-refractivity contribution is 14.1. The van der Waals surface area contributed by atoms with E-state index in [4.69, 9.17) is 4.74 Å². The number of halogens is 1. The molecule has 0 bridgehead atoms. The molecule has 2 rings (SSSR count). The van der Waals surface area contributed by atoms with Crippen molar-refractivity contribution in [2.24, 2.45) is 0 Å². The fraction of sp³-hybridized carbons (Fsp3) is 0.182. The number of nitrogens with zero attached hydrogens (tertiary/aromatic N) is 2. The van der Waals surface area contributed by atoms with Crippen LogP contribution in [-0.2, 0) is 0 Å². The number of anilines is 1. The van der Waals surface area contributed by atoms with Crippen LogP contribution in [0.15, 0.2) is 18.2 Å². The summed E-state index contributed by atoms with van der Waals surface area (Å²) in [6.45, 7) is 2.25. The normalized spacial score (nSPS) is 10.2. The predicted molar refractivity (Wildman–Crippen MR) is 76.3 cm³/mol. The first-order valence-electron chi connectivity index (χ1n) is 5.45. The second-order valence-electron chi connectivity index (χ2n) is 3.52. The number of carbonyl (C=O) groups excluding carboxylic acids is 1. The minimum atomic E-state index is -0.397. The van der Waals surface area contributed by atoms with E-state index in [-0.39, 0.29) is 17.7 Å². The number of hydrogen-bond acceptors (Lipinski definition) is 5. The molecule has 0 atom stereocenters. The third-order valence-electron chi connectivity index (χ3n) is 2.18. The summed E-state index contributed by atoms with van der Waals surface area (Å²) in [6.07, 6.45) is 0. The van der Waals surface area contributed by atoms with Gasteiger partial charge < -0.3 is 9.84 Å². The molecule has 0 aliphatic rings. The predicted octanol–water partition coefficient (Wildman–Crippen LogP) is 1.77. The zero-order valence-electron chi connectivity index (χ0n) is 9.98. The molecule has 1 aromatic carbocycles. The van der Waals surface area contributed by atoms with E-state index in [2.05, 4.69) is 20.5 Å². The van der Waals surface area contributed by atoms with Crippen LogP contribution in [0.25, 0.3) is 0 Å². The van der Waals surface area contributed by atoms with Crippen molar-refractivity contribution < 1.29 is 14.6 Å². The van der Waals surface area contributed by atoms with E-state index in [9.17, 15) is 9.90 Å². The third kappa shape index (κ3) is 3.34. The maximum atomic E-state index is 11.9. The van der Waals surface area contributed by atoms with Gasteiger partial charge in [-0.25, -0.2) is 5.10 Å². The van der Waals surface area contributed by atoms with Gasteiger partial charge in [-0.1, -0.05) is 0 Å². The second kappa shape index (κ2) is 5.87. The first-order chi connectivity index (χ1) is 9.10. The van der Waals surface area contributed by atoms with Crippen LogP contribution in [0.4, 0.5) is 5.95 Å². The van der Waals surface area contributed by atoms with Crippen molar-refractivity contribution >= 4 is 34.4 Å². The maximum Gasteiger partial charge on any atom is 0.337 e. The van der Waals surface area contributed by atoms with E-state index in [1.807, 2.05) is 29.5 Å². The molecule has 0 radical (unpaired) electrons. The zero-order valence-corrected chi connectivity index (χ0v) is 12.1. The number of ether oxygens (including phenoxy) is 1. The molecule has 1 aromatic heterocycles. The van der Waals surface area contributed by atoms with Crippen LogP contribution in [0.1, 0.15) is 17.3 Å². The van der Waals surface area contributed by atoms with Crippen LogP contribution in [0.2, 0.25) is 0 Å². The molecule has 0 unspecified atom stereocenters. The van der Waals surface area contributed by atoms with E-state index in [0.717, 1.165) is 0 Å². The topological polar surface area (TPSA) is 100 Å². The van der Waals surface area contributed by atoms with Gasteiger partial charge in [0.15, 0.2) is 0 Å². The lowest BCUT2D eigenvalue weighted by atomic mass is 10.2. The molecule has 2 aromatic rings. The summed E-state index contributed by atoms with van der Waals surface area (Å²) >= 11 is 1.97. The molecule has 0 fully saturated rings. The molecule has 3 N–H and O–H groups in total. The fourth-order valence-corrected chi connectivity index (χ4v) is 1.67. The van der Waals surface area contributed by atoms with E-state index in [1.165, 1.54) is 6.07 Å². The lowest BCUT2D eigenvalue weighted by Crippen LogP contribution is -2.13. The molecule has 1 heterocycles. The van der Waals surface area contributed by atoms with Gasteiger partial charge in [-0.2, -0.15) is 4.98 Å². The van der Waals surface area contributed by atoms with Crippen LogP contribution < -0.4 is 10.1 Å². The highest BCUT2D eigenvalue weighted by Gasteiger charge is 2.11. The van der Waals surface area contributed by atoms with Crippen molar-refractivity contribution in [2.75, 3.05) is 11.9 Å². The molecular formula is C11H11IN4O3. The van der Waals surface area contributed by atoms with Gasteiger partial charge >= 0.3 is 6.01 Å². The summed E-state index contributed by atoms with van der Waals surface area (Å²) in [7, 11) is 0. The van der Waals surface area contributed by atoms with Gasteiger partial charge in [0.2, 0.25) is 5.95 Å². The van der Waals surface area contributed by atoms with Gasteiger partial charge in [-0.15, -0.1) is 5.10 Å². The Balaban J connectivity index is 2.09. The lowest BCUT2D eigenvalue weighted by Gasteiger charge is -2.03. The maximum absolute atomic E-state index is 11.9. The van der Waals surface area contributed by atoms with Crippen molar-refractivity contribution in [3.63, 3.8) is 0 Å². The first kappa shape index (κ1) is 13.6. The van der Waals surface area contributed by atoms with Gasteiger partial charge in [0.1, 0.15) is 5.75 Å². The summed E-state index contributed by atoms with van der Waals surface area (Å²) in [4.78, 5) is 15.8. The molecule has 100 valence electrons. The smallest absolute Gasteiger partial charge is 0.337 e. The number of H-pyrrole nitrogens is 1. The molecule has 0 spiro atoms. The monoisotopic (exact) mass is 374 g/mol. The number of aromatic amines is 1. The van der Waals surface area contributed by atoms with Crippen molar-refractivity contribution in [3.8, 4) is 11.8 Å². The van der Waals surface area contributed by atoms with Crippen LogP contribution in [-0.4, -0.2) is 32.8 Å². The number of amides is 1. The molecule has 0 saturated heterocycles. The number of nitrogens with one attached hydrogen (secondary N) is 2. The molecular weight excluding hydrogens is 363 g/mol. The Morgan fingerprint density at radius 2 is 2.37 bits per heavy atom. The highest BCUT2D eigenvalue weighted by Crippen LogP contribution is 2.20. The number of phenolic OH excluding ortho intramolecular Hbond substituents is 1. The van der Waals surface area contributed by atoms with Crippen LogP contribution >= 0.6 is 22.6 Å². The number of rotatable bonds is 4. The Bertz CT molecular complexity index is 599. The van der Waals surface area contributed by atoms with Gasteiger partial charge in [0, 0.05) is 5.56 Å². The SMILES string of the molecule is CCOc1n[nH]c(NC(=O)c2ccc(I)c(O)c2)n1. The average Bonchev–Trinajstić information content (AvgIpc) is 2.80. The van der Waals surface area contributed by atoms with E-state index >= 15 is 0 Å². The summed E-state index contributed by atoms with van der Waals surface area (Å²) in [5.41, 5.74) is 0.326. The van der Waals surface area contributed by atoms with Crippen molar-refractivity contribution in [1.29, 1.82) is 0 Å². The molecule has 0 aliphatic carbocycles. The number of aromatic nitrogens is 3. The third-order valence-corrected chi connectivity index (χ3v) is 3.09. The van der Waals surface area contributed by atoms with Gasteiger partial charge in [-0.3, -0.25) is 10.1 Å². The quantitative estimate of drug-likeness (QED) is 0.709. The van der Waals surface area contributed by atoms with Gasteiger partial charge in [0.25, 0.3) is 5.91 Å². The van der Waals surface area contributed by atoms with Crippen molar-refractivity contribution in [2.45, 2.75) is 6.92 Å². The molecule has 0 saturated carbocycles.